The first-order chi connectivity index (χ1) is 14.6. The van der Waals surface area contributed by atoms with Crippen molar-refractivity contribution in [1.82, 2.24) is 15.1 Å². The third-order valence-electron chi connectivity index (χ3n) is 4.79. The Kier molecular flexibility index (Phi) is 8.67. The van der Waals surface area contributed by atoms with E-state index in [1.807, 2.05) is 30.3 Å². The molecule has 2 amide bonds. The first-order valence-electron chi connectivity index (χ1n) is 10.4. The first-order valence-corrected chi connectivity index (χ1v) is 10.4. The summed E-state index contributed by atoms with van der Waals surface area (Å²) in [6, 6.07) is 8.47. The topological polar surface area (TPSA) is 97.4 Å². The molecule has 1 aliphatic rings. The van der Waals surface area contributed by atoms with Crippen LogP contribution in [0.2, 0.25) is 0 Å². The van der Waals surface area contributed by atoms with Crippen molar-refractivity contribution in [2.45, 2.75) is 52.0 Å². The van der Waals surface area contributed by atoms with Gasteiger partial charge in [0.05, 0.1) is 13.2 Å². The van der Waals surface area contributed by atoms with Gasteiger partial charge in [-0.3, -0.25) is 4.79 Å². The molecule has 2 rings (SSSR count). The Balaban J connectivity index is 2.04. The van der Waals surface area contributed by atoms with E-state index in [0.717, 1.165) is 5.56 Å². The van der Waals surface area contributed by atoms with Crippen molar-refractivity contribution >= 4 is 18.2 Å². The molecule has 2 unspecified atom stereocenters. The summed E-state index contributed by atoms with van der Waals surface area (Å²) in [6.45, 7) is 8.43. The van der Waals surface area contributed by atoms with E-state index >= 15 is 0 Å². The molecule has 1 heterocycles. The van der Waals surface area contributed by atoms with E-state index in [2.05, 4.69) is 5.32 Å². The number of hydrogen-bond donors (Lipinski definition) is 1. The highest BCUT2D eigenvalue weighted by atomic mass is 16.6. The molecule has 0 aliphatic carbocycles. The Labute approximate surface area is 183 Å². The molecule has 9 nitrogen and oxygen atoms in total. The lowest BCUT2D eigenvalue weighted by atomic mass is 10.1. The van der Waals surface area contributed by atoms with Crippen LogP contribution in [-0.2, 0) is 25.6 Å². The van der Waals surface area contributed by atoms with Gasteiger partial charge in [-0.25, -0.2) is 9.59 Å². The number of rotatable bonds is 6. The van der Waals surface area contributed by atoms with E-state index < -0.39 is 35.8 Å². The molecule has 1 aromatic rings. The highest BCUT2D eigenvalue weighted by Gasteiger charge is 2.35. The number of piperazine rings is 1. The minimum absolute atomic E-state index is 0.157. The number of nitrogens with zero attached hydrogens (tertiary/aromatic N) is 2. The molecule has 0 saturated carbocycles. The number of amides is 2. The van der Waals surface area contributed by atoms with Crippen LogP contribution >= 0.6 is 0 Å². The Morgan fingerprint density at radius 1 is 1.13 bits per heavy atom. The predicted octanol–water partition coefficient (Wildman–Crippen LogP) is 2.40. The zero-order chi connectivity index (χ0) is 23.0. The van der Waals surface area contributed by atoms with Gasteiger partial charge in [-0.2, -0.15) is 0 Å². The third kappa shape index (κ3) is 7.75. The van der Waals surface area contributed by atoms with E-state index in [1.165, 1.54) is 7.11 Å². The number of carbonyl (C=O) groups excluding carboxylic acids is 3. The van der Waals surface area contributed by atoms with Gasteiger partial charge in [0.15, 0.2) is 0 Å². The van der Waals surface area contributed by atoms with Crippen LogP contribution in [0.5, 0.6) is 0 Å². The van der Waals surface area contributed by atoms with Crippen LogP contribution in [0, 0.1) is 0 Å². The largest absolute Gasteiger partial charge is 0.468 e. The van der Waals surface area contributed by atoms with Crippen LogP contribution in [0.3, 0.4) is 0 Å². The molecule has 9 heteroatoms. The first kappa shape index (κ1) is 24.5. The molecule has 1 saturated heterocycles. The molecule has 0 spiro atoms. The Morgan fingerprint density at radius 3 is 2.42 bits per heavy atom. The van der Waals surface area contributed by atoms with Crippen LogP contribution in [0.4, 0.5) is 9.59 Å². The summed E-state index contributed by atoms with van der Waals surface area (Å²) < 4.78 is 15.7. The maximum absolute atomic E-state index is 12.8. The molecular weight excluding hydrogens is 402 g/mol. The standard InChI is InChI=1S/C22H33N3O6/c1-16(19(26)29-5)23-13-18-14-24(20(27)31-22(2,3)4)11-12-25(18)21(28)30-15-17-9-7-6-8-10-17/h6-10,16,18,23H,11-15H2,1-5H3. The smallest absolute Gasteiger partial charge is 0.410 e. The SMILES string of the molecule is COC(=O)C(C)NCC1CN(C(=O)OC(C)(C)C)CCN1C(=O)OCc1ccccc1. The summed E-state index contributed by atoms with van der Waals surface area (Å²) in [4.78, 5) is 40.2. The van der Waals surface area contributed by atoms with Crippen LogP contribution in [0.25, 0.3) is 0 Å². The summed E-state index contributed by atoms with van der Waals surface area (Å²) >= 11 is 0. The third-order valence-corrected chi connectivity index (χ3v) is 4.79. The summed E-state index contributed by atoms with van der Waals surface area (Å²) in [7, 11) is 1.32. The van der Waals surface area contributed by atoms with E-state index in [0.29, 0.717) is 13.1 Å². The van der Waals surface area contributed by atoms with Gasteiger partial charge in [0.1, 0.15) is 18.2 Å². The van der Waals surface area contributed by atoms with Crippen molar-refractivity contribution in [2.75, 3.05) is 33.3 Å². The summed E-state index contributed by atoms with van der Waals surface area (Å²) in [5, 5.41) is 3.07. The minimum Gasteiger partial charge on any atom is -0.468 e. The zero-order valence-corrected chi connectivity index (χ0v) is 18.9. The van der Waals surface area contributed by atoms with E-state index in [1.54, 1.807) is 37.5 Å². The minimum atomic E-state index is -0.615. The van der Waals surface area contributed by atoms with E-state index in [-0.39, 0.29) is 19.7 Å². The molecule has 1 fully saturated rings. The fourth-order valence-corrected chi connectivity index (χ4v) is 3.14. The van der Waals surface area contributed by atoms with Crippen molar-refractivity contribution in [3.8, 4) is 0 Å². The molecule has 2 atom stereocenters. The molecule has 1 N–H and O–H groups in total. The van der Waals surface area contributed by atoms with Crippen LogP contribution in [0.1, 0.15) is 33.3 Å². The lowest BCUT2D eigenvalue weighted by molar-refractivity contribution is -0.142. The Bertz CT molecular complexity index is 749. The van der Waals surface area contributed by atoms with E-state index in [4.69, 9.17) is 14.2 Å². The van der Waals surface area contributed by atoms with Crippen LogP contribution in [-0.4, -0.2) is 78.9 Å². The van der Waals surface area contributed by atoms with Gasteiger partial charge in [0, 0.05) is 26.2 Å². The van der Waals surface area contributed by atoms with Gasteiger partial charge in [0.2, 0.25) is 0 Å². The molecule has 1 aliphatic heterocycles. The number of methoxy groups -OCH3 is 1. The molecule has 31 heavy (non-hydrogen) atoms. The molecule has 0 radical (unpaired) electrons. The second kappa shape index (κ2) is 11.0. The van der Waals surface area contributed by atoms with Crippen LogP contribution < -0.4 is 5.32 Å². The zero-order valence-electron chi connectivity index (χ0n) is 18.9. The van der Waals surface area contributed by atoms with Gasteiger partial charge >= 0.3 is 18.2 Å². The highest BCUT2D eigenvalue weighted by Crippen LogP contribution is 2.16. The quantitative estimate of drug-likeness (QED) is 0.541. The van der Waals surface area contributed by atoms with Gasteiger partial charge in [-0.1, -0.05) is 30.3 Å². The Hall–Kier alpha value is -2.81. The van der Waals surface area contributed by atoms with Gasteiger partial charge in [-0.15, -0.1) is 0 Å². The number of nitrogens with one attached hydrogen (secondary N) is 1. The summed E-state index contributed by atoms with van der Waals surface area (Å²) in [5.74, 6) is -0.405. The second-order valence-electron chi connectivity index (χ2n) is 8.47. The average molecular weight is 436 g/mol. The molecule has 0 bridgehead atoms. The van der Waals surface area contributed by atoms with Crippen molar-refractivity contribution in [3.63, 3.8) is 0 Å². The number of ether oxygens (including phenoxy) is 3. The number of hydrogen-bond acceptors (Lipinski definition) is 7. The van der Waals surface area contributed by atoms with Crippen molar-refractivity contribution < 1.29 is 28.6 Å². The highest BCUT2D eigenvalue weighted by molar-refractivity contribution is 5.75. The maximum atomic E-state index is 12.8. The molecule has 0 aromatic heterocycles. The summed E-state index contributed by atoms with van der Waals surface area (Å²) in [6.07, 6.45) is -0.902. The average Bonchev–Trinajstić information content (AvgIpc) is 2.74. The number of carbonyl (C=O) groups is 3. The van der Waals surface area contributed by atoms with Gasteiger partial charge in [-0.05, 0) is 33.3 Å². The van der Waals surface area contributed by atoms with Crippen molar-refractivity contribution in [1.29, 1.82) is 0 Å². The molecule has 172 valence electrons. The van der Waals surface area contributed by atoms with Gasteiger partial charge < -0.3 is 29.3 Å². The number of benzene rings is 1. The van der Waals surface area contributed by atoms with Crippen molar-refractivity contribution in [3.05, 3.63) is 35.9 Å². The second-order valence-corrected chi connectivity index (χ2v) is 8.47. The fraction of sp³-hybridized carbons (Fsp3) is 0.591. The molecule has 1 aromatic carbocycles. The number of esters is 1. The normalized spacial score (nSPS) is 17.6. The van der Waals surface area contributed by atoms with E-state index in [9.17, 15) is 14.4 Å². The molecular formula is C22H33N3O6. The van der Waals surface area contributed by atoms with Gasteiger partial charge in [0.25, 0.3) is 0 Å². The fourth-order valence-electron chi connectivity index (χ4n) is 3.14. The lowest BCUT2D eigenvalue weighted by Crippen LogP contribution is -2.60. The van der Waals surface area contributed by atoms with Crippen molar-refractivity contribution in [2.24, 2.45) is 0 Å². The summed E-state index contributed by atoms with van der Waals surface area (Å²) in [5.41, 5.74) is 0.271. The lowest BCUT2D eigenvalue weighted by Gasteiger charge is -2.41. The Morgan fingerprint density at radius 2 is 1.81 bits per heavy atom. The predicted molar refractivity (Wildman–Crippen MR) is 114 cm³/mol. The van der Waals surface area contributed by atoms with Crippen LogP contribution in [0.15, 0.2) is 30.3 Å². The maximum Gasteiger partial charge on any atom is 0.410 e. The monoisotopic (exact) mass is 435 g/mol.